The average molecular weight is 381 g/mol. The predicted molar refractivity (Wildman–Crippen MR) is 77.5 cm³/mol. The third-order valence-corrected chi connectivity index (χ3v) is 4.91. The van der Waals surface area contributed by atoms with Gasteiger partial charge in [0.25, 0.3) is 5.69 Å². The molecule has 10 heteroatoms. The molecule has 1 N–H and O–H groups in total. The summed E-state index contributed by atoms with van der Waals surface area (Å²) in [7, 11) is -4.26. The zero-order valence-electron chi connectivity index (χ0n) is 11.0. The Labute approximate surface area is 129 Å². The standard InChI is InChI=1S/C11H13BrN2O6S/c1-2-5-13(7-11(15)16)21(19,20)10-4-3-8(12)6-9(10)14(17)18/h3-4,6H,2,5,7H2,1H3,(H,15,16). The van der Waals surface area contributed by atoms with Gasteiger partial charge in [-0.1, -0.05) is 22.9 Å². The van der Waals surface area contributed by atoms with Crippen molar-refractivity contribution in [3.05, 3.63) is 32.8 Å². The zero-order chi connectivity index (χ0) is 16.2. The maximum atomic E-state index is 12.4. The molecule has 0 aliphatic heterocycles. The van der Waals surface area contributed by atoms with Gasteiger partial charge in [-0.15, -0.1) is 0 Å². The first kappa shape index (κ1) is 17.5. The van der Waals surface area contributed by atoms with E-state index in [1.54, 1.807) is 6.92 Å². The SMILES string of the molecule is CCCN(CC(=O)O)S(=O)(=O)c1ccc(Br)cc1[N+](=O)[O-]. The third kappa shape index (κ3) is 4.22. The lowest BCUT2D eigenvalue weighted by molar-refractivity contribution is -0.387. The van der Waals surface area contributed by atoms with Gasteiger partial charge in [0.1, 0.15) is 6.54 Å². The molecule has 8 nitrogen and oxygen atoms in total. The summed E-state index contributed by atoms with van der Waals surface area (Å²) in [6, 6.07) is 3.50. The highest BCUT2D eigenvalue weighted by atomic mass is 79.9. The average Bonchev–Trinajstić information content (AvgIpc) is 2.37. The Morgan fingerprint density at radius 1 is 1.48 bits per heavy atom. The van der Waals surface area contributed by atoms with E-state index in [1.807, 2.05) is 0 Å². The number of nitro groups is 1. The van der Waals surface area contributed by atoms with Gasteiger partial charge in [0, 0.05) is 17.1 Å². The van der Waals surface area contributed by atoms with E-state index in [-0.39, 0.29) is 6.54 Å². The van der Waals surface area contributed by atoms with Crippen LogP contribution >= 0.6 is 15.9 Å². The third-order valence-electron chi connectivity index (χ3n) is 2.52. The Bertz CT molecular complexity index is 661. The summed E-state index contributed by atoms with van der Waals surface area (Å²) in [5.74, 6) is -1.33. The molecule has 0 heterocycles. The van der Waals surface area contributed by atoms with Gasteiger partial charge in [0.15, 0.2) is 4.90 Å². The maximum Gasteiger partial charge on any atom is 0.318 e. The van der Waals surface area contributed by atoms with Crippen LogP contribution in [0.5, 0.6) is 0 Å². The molecule has 0 unspecified atom stereocenters. The van der Waals surface area contributed by atoms with Crippen molar-refractivity contribution in [2.45, 2.75) is 18.2 Å². The monoisotopic (exact) mass is 380 g/mol. The van der Waals surface area contributed by atoms with E-state index < -0.39 is 38.0 Å². The van der Waals surface area contributed by atoms with Gasteiger partial charge < -0.3 is 5.11 Å². The maximum absolute atomic E-state index is 12.4. The first-order chi connectivity index (χ1) is 9.70. The van der Waals surface area contributed by atoms with Crippen LogP contribution in [0.15, 0.2) is 27.6 Å². The smallest absolute Gasteiger partial charge is 0.318 e. The summed E-state index contributed by atoms with van der Waals surface area (Å²) in [6.45, 7) is 0.894. The molecule has 1 rings (SSSR count). The van der Waals surface area contributed by atoms with Crippen LogP contribution in [0.1, 0.15) is 13.3 Å². The Morgan fingerprint density at radius 3 is 2.57 bits per heavy atom. The fraction of sp³-hybridized carbons (Fsp3) is 0.364. The lowest BCUT2D eigenvalue weighted by Gasteiger charge is -2.19. The number of hydrogen-bond donors (Lipinski definition) is 1. The van der Waals surface area contributed by atoms with Gasteiger partial charge >= 0.3 is 5.97 Å². The first-order valence-electron chi connectivity index (χ1n) is 5.86. The van der Waals surface area contributed by atoms with Crippen LogP contribution < -0.4 is 0 Å². The van der Waals surface area contributed by atoms with Crippen molar-refractivity contribution in [2.24, 2.45) is 0 Å². The molecule has 0 saturated heterocycles. The summed E-state index contributed by atoms with van der Waals surface area (Å²) >= 11 is 3.03. The molecule has 21 heavy (non-hydrogen) atoms. The largest absolute Gasteiger partial charge is 0.480 e. The van der Waals surface area contributed by atoms with E-state index >= 15 is 0 Å². The van der Waals surface area contributed by atoms with Crippen LogP contribution in [-0.4, -0.2) is 41.8 Å². The molecule has 0 aliphatic rings. The van der Waals surface area contributed by atoms with E-state index in [9.17, 15) is 23.3 Å². The highest BCUT2D eigenvalue weighted by molar-refractivity contribution is 9.10. The molecule has 0 fully saturated rings. The number of carboxylic acids is 1. The first-order valence-corrected chi connectivity index (χ1v) is 8.09. The molecular formula is C11H13BrN2O6S. The molecular weight excluding hydrogens is 368 g/mol. The van der Waals surface area contributed by atoms with E-state index in [2.05, 4.69) is 15.9 Å². The van der Waals surface area contributed by atoms with Crippen LogP contribution in [0.25, 0.3) is 0 Å². The highest BCUT2D eigenvalue weighted by Gasteiger charge is 2.32. The Hall–Kier alpha value is -1.52. The Kier molecular flexibility index (Phi) is 5.81. The molecule has 0 saturated carbocycles. The van der Waals surface area contributed by atoms with Crippen molar-refractivity contribution < 1.29 is 23.2 Å². The number of aliphatic carboxylic acids is 1. The van der Waals surface area contributed by atoms with Gasteiger partial charge in [0.05, 0.1) is 4.92 Å². The van der Waals surface area contributed by atoms with Crippen LogP contribution in [0, 0.1) is 10.1 Å². The second-order valence-corrected chi connectivity index (χ2v) is 6.92. The zero-order valence-corrected chi connectivity index (χ0v) is 13.4. The molecule has 0 bridgehead atoms. The normalized spacial score (nSPS) is 11.6. The van der Waals surface area contributed by atoms with Gasteiger partial charge in [-0.3, -0.25) is 14.9 Å². The fourth-order valence-electron chi connectivity index (χ4n) is 1.67. The van der Waals surface area contributed by atoms with Gasteiger partial charge in [-0.05, 0) is 18.6 Å². The number of benzene rings is 1. The predicted octanol–water partition coefficient (Wildman–Crippen LogP) is 1.84. The molecule has 0 atom stereocenters. The molecule has 0 amide bonds. The molecule has 1 aromatic carbocycles. The Morgan fingerprint density at radius 2 is 2.10 bits per heavy atom. The van der Waals surface area contributed by atoms with Gasteiger partial charge in [0.2, 0.25) is 10.0 Å². The number of nitrogens with zero attached hydrogens (tertiary/aromatic N) is 2. The number of rotatable bonds is 7. The van der Waals surface area contributed by atoms with Crippen LogP contribution in [-0.2, 0) is 14.8 Å². The minimum Gasteiger partial charge on any atom is -0.480 e. The van der Waals surface area contributed by atoms with E-state index in [4.69, 9.17) is 5.11 Å². The van der Waals surface area contributed by atoms with Crippen molar-refractivity contribution in [3.8, 4) is 0 Å². The molecule has 0 aromatic heterocycles. The van der Waals surface area contributed by atoms with Crippen LogP contribution in [0.2, 0.25) is 0 Å². The summed E-state index contributed by atoms with van der Waals surface area (Å²) < 4.78 is 25.9. The van der Waals surface area contributed by atoms with Crippen molar-refractivity contribution in [1.82, 2.24) is 4.31 Å². The summed E-state index contributed by atoms with van der Waals surface area (Å²) in [5.41, 5.74) is -0.601. The minimum atomic E-state index is -4.26. The number of sulfonamides is 1. The molecule has 1 aromatic rings. The second kappa shape index (κ2) is 6.96. The van der Waals surface area contributed by atoms with Gasteiger partial charge in [-0.25, -0.2) is 8.42 Å². The van der Waals surface area contributed by atoms with Crippen molar-refractivity contribution >= 4 is 37.6 Å². The number of carbonyl (C=O) groups is 1. The van der Waals surface area contributed by atoms with E-state index in [0.29, 0.717) is 15.2 Å². The number of nitro benzene ring substituents is 1. The van der Waals surface area contributed by atoms with Crippen LogP contribution in [0.4, 0.5) is 5.69 Å². The minimum absolute atomic E-state index is 0.0398. The van der Waals surface area contributed by atoms with Crippen molar-refractivity contribution in [1.29, 1.82) is 0 Å². The molecule has 0 radical (unpaired) electrons. The summed E-state index contributed by atoms with van der Waals surface area (Å²) in [4.78, 5) is 20.5. The Balaban J connectivity index is 3.40. The summed E-state index contributed by atoms with van der Waals surface area (Å²) in [6.07, 6.45) is 0.386. The van der Waals surface area contributed by atoms with Crippen molar-refractivity contribution in [3.63, 3.8) is 0 Å². The lowest BCUT2D eigenvalue weighted by atomic mass is 10.3. The second-order valence-electron chi connectivity index (χ2n) is 4.10. The quantitative estimate of drug-likeness (QED) is 0.569. The lowest BCUT2D eigenvalue weighted by Crippen LogP contribution is -2.36. The fourth-order valence-corrected chi connectivity index (χ4v) is 3.64. The van der Waals surface area contributed by atoms with E-state index in [1.165, 1.54) is 6.07 Å². The molecule has 0 aliphatic carbocycles. The van der Waals surface area contributed by atoms with E-state index in [0.717, 1.165) is 12.1 Å². The highest BCUT2D eigenvalue weighted by Crippen LogP contribution is 2.29. The number of halogens is 1. The van der Waals surface area contributed by atoms with Crippen molar-refractivity contribution in [2.75, 3.05) is 13.1 Å². The van der Waals surface area contributed by atoms with Gasteiger partial charge in [-0.2, -0.15) is 4.31 Å². The molecule has 0 spiro atoms. The topological polar surface area (TPSA) is 118 Å². The summed E-state index contributed by atoms with van der Waals surface area (Å²) in [5, 5.41) is 19.8. The number of hydrogen-bond acceptors (Lipinski definition) is 5. The number of carboxylic acid groups (broad SMARTS) is 1. The van der Waals surface area contributed by atoms with Crippen LogP contribution in [0.3, 0.4) is 0 Å². The molecule has 116 valence electrons.